The van der Waals surface area contributed by atoms with Gasteiger partial charge in [0.1, 0.15) is 17.6 Å². The van der Waals surface area contributed by atoms with Gasteiger partial charge in [-0.2, -0.15) is 0 Å². The van der Waals surface area contributed by atoms with E-state index >= 15 is 0 Å². The van der Waals surface area contributed by atoms with Crippen LogP contribution >= 0.6 is 0 Å². The van der Waals surface area contributed by atoms with Gasteiger partial charge >= 0.3 is 5.97 Å². The minimum absolute atomic E-state index is 0.119. The number of hydrogen-bond acceptors (Lipinski definition) is 4. The number of ether oxygens (including phenoxy) is 1. The lowest BCUT2D eigenvalue weighted by Crippen LogP contribution is -2.47. The first kappa shape index (κ1) is 22.8. The molecular formula is C23H25FN2O4. The predicted octanol–water partition coefficient (Wildman–Crippen LogP) is 3.30. The molecular weight excluding hydrogens is 387 g/mol. The first-order chi connectivity index (χ1) is 14.3. The van der Waals surface area contributed by atoms with Gasteiger partial charge in [0.25, 0.3) is 11.8 Å². The van der Waals surface area contributed by atoms with Crippen LogP contribution in [0.2, 0.25) is 0 Å². The van der Waals surface area contributed by atoms with Gasteiger partial charge in [0.05, 0.1) is 6.61 Å². The van der Waals surface area contributed by atoms with Crippen LogP contribution < -0.4 is 10.6 Å². The minimum Gasteiger partial charge on any atom is -0.464 e. The van der Waals surface area contributed by atoms with Crippen molar-refractivity contribution in [2.24, 2.45) is 5.92 Å². The molecule has 2 amide bonds. The molecule has 7 heteroatoms. The highest BCUT2D eigenvalue weighted by atomic mass is 19.1. The van der Waals surface area contributed by atoms with Gasteiger partial charge < -0.3 is 15.4 Å². The molecule has 6 nitrogen and oxygen atoms in total. The van der Waals surface area contributed by atoms with Gasteiger partial charge in [-0.3, -0.25) is 9.59 Å². The molecule has 2 rings (SSSR count). The lowest BCUT2D eigenvalue weighted by molar-refractivity contribution is -0.148. The van der Waals surface area contributed by atoms with E-state index in [4.69, 9.17) is 4.74 Å². The maximum absolute atomic E-state index is 14.1. The normalized spacial score (nSPS) is 12.2. The summed E-state index contributed by atoms with van der Waals surface area (Å²) in [5.41, 5.74) is 0.257. The fraction of sp³-hybridized carbons (Fsp3) is 0.261. The van der Waals surface area contributed by atoms with Crippen molar-refractivity contribution in [2.45, 2.75) is 26.8 Å². The quantitative estimate of drug-likeness (QED) is 0.515. The summed E-state index contributed by atoms with van der Waals surface area (Å²) in [6, 6.07) is 13.2. The molecule has 0 heterocycles. The molecule has 1 atom stereocenters. The first-order valence-corrected chi connectivity index (χ1v) is 9.63. The highest BCUT2D eigenvalue weighted by Gasteiger charge is 2.27. The Balaban J connectivity index is 2.34. The van der Waals surface area contributed by atoms with Crippen molar-refractivity contribution in [2.75, 3.05) is 6.61 Å². The summed E-state index contributed by atoms with van der Waals surface area (Å²) in [4.78, 5) is 37.7. The zero-order valence-electron chi connectivity index (χ0n) is 17.1. The van der Waals surface area contributed by atoms with E-state index in [1.807, 2.05) is 0 Å². The molecule has 0 saturated carbocycles. The summed E-state index contributed by atoms with van der Waals surface area (Å²) in [5, 5.41) is 5.09. The largest absolute Gasteiger partial charge is 0.464 e. The average Bonchev–Trinajstić information content (AvgIpc) is 2.73. The Kier molecular flexibility index (Phi) is 8.29. The van der Waals surface area contributed by atoms with Crippen molar-refractivity contribution in [3.05, 3.63) is 77.2 Å². The summed E-state index contributed by atoms with van der Waals surface area (Å²) < 4.78 is 19.1. The molecule has 0 fully saturated rings. The third-order valence-electron chi connectivity index (χ3n) is 4.23. The van der Waals surface area contributed by atoms with Crippen molar-refractivity contribution in [1.29, 1.82) is 0 Å². The molecule has 2 aromatic rings. The average molecular weight is 412 g/mol. The molecule has 0 saturated heterocycles. The topological polar surface area (TPSA) is 84.5 Å². The molecule has 0 unspecified atom stereocenters. The molecule has 0 aliphatic rings. The second-order valence-electron chi connectivity index (χ2n) is 6.85. The van der Waals surface area contributed by atoms with Gasteiger partial charge in [0.2, 0.25) is 0 Å². The Hall–Kier alpha value is -3.48. The van der Waals surface area contributed by atoms with Crippen molar-refractivity contribution < 1.29 is 23.5 Å². The minimum atomic E-state index is -0.921. The van der Waals surface area contributed by atoms with E-state index in [1.165, 1.54) is 24.3 Å². The SMILES string of the molecule is CCOC(=O)[C@@H](NC(=O)/C(=C\c1ccccc1F)NC(=O)c1ccccc1)C(C)C. The van der Waals surface area contributed by atoms with Crippen LogP contribution in [-0.4, -0.2) is 30.4 Å². The molecule has 2 aromatic carbocycles. The van der Waals surface area contributed by atoms with E-state index in [1.54, 1.807) is 57.2 Å². The van der Waals surface area contributed by atoms with Crippen LogP contribution in [-0.2, 0) is 14.3 Å². The van der Waals surface area contributed by atoms with Crippen LogP contribution in [0, 0.1) is 11.7 Å². The zero-order valence-corrected chi connectivity index (χ0v) is 17.1. The molecule has 0 aliphatic carbocycles. The van der Waals surface area contributed by atoms with E-state index in [-0.39, 0.29) is 23.8 Å². The monoisotopic (exact) mass is 412 g/mol. The second-order valence-corrected chi connectivity index (χ2v) is 6.85. The van der Waals surface area contributed by atoms with Crippen molar-refractivity contribution in [3.63, 3.8) is 0 Å². The molecule has 0 bridgehead atoms. The molecule has 0 spiro atoms. The summed E-state index contributed by atoms with van der Waals surface area (Å²) in [6.07, 6.45) is 1.23. The Labute approximate surface area is 175 Å². The third-order valence-corrected chi connectivity index (χ3v) is 4.23. The lowest BCUT2D eigenvalue weighted by Gasteiger charge is -2.21. The van der Waals surface area contributed by atoms with E-state index < -0.39 is 29.6 Å². The number of esters is 1. The van der Waals surface area contributed by atoms with Gasteiger partial charge in [-0.25, -0.2) is 9.18 Å². The molecule has 0 radical (unpaired) electrons. The second kappa shape index (κ2) is 10.9. The smallest absolute Gasteiger partial charge is 0.328 e. The number of carbonyl (C=O) groups excluding carboxylic acids is 3. The van der Waals surface area contributed by atoms with Crippen molar-refractivity contribution in [1.82, 2.24) is 10.6 Å². The van der Waals surface area contributed by atoms with Crippen LogP contribution in [0.5, 0.6) is 0 Å². The standard InChI is InChI=1S/C23H25FN2O4/c1-4-30-23(29)20(15(2)3)26-22(28)19(14-17-12-8-9-13-18(17)24)25-21(27)16-10-6-5-7-11-16/h5-15,20H,4H2,1-3H3,(H,25,27)(H,26,28)/b19-14+/t20-/m0/s1. The lowest BCUT2D eigenvalue weighted by atomic mass is 10.0. The van der Waals surface area contributed by atoms with Crippen LogP contribution in [0.3, 0.4) is 0 Å². The Bertz CT molecular complexity index is 926. The number of amides is 2. The van der Waals surface area contributed by atoms with Crippen molar-refractivity contribution in [3.8, 4) is 0 Å². The van der Waals surface area contributed by atoms with Gasteiger partial charge in [-0.15, -0.1) is 0 Å². The molecule has 0 aliphatic heterocycles. The fourth-order valence-corrected chi connectivity index (χ4v) is 2.64. The maximum Gasteiger partial charge on any atom is 0.328 e. The third kappa shape index (κ3) is 6.27. The first-order valence-electron chi connectivity index (χ1n) is 9.63. The van der Waals surface area contributed by atoms with E-state index in [2.05, 4.69) is 10.6 Å². The molecule has 158 valence electrons. The highest BCUT2D eigenvalue weighted by molar-refractivity contribution is 6.06. The van der Waals surface area contributed by atoms with Crippen LogP contribution in [0.1, 0.15) is 36.7 Å². The predicted molar refractivity (Wildman–Crippen MR) is 112 cm³/mol. The van der Waals surface area contributed by atoms with Crippen LogP contribution in [0.25, 0.3) is 6.08 Å². The molecule has 2 N–H and O–H groups in total. The zero-order chi connectivity index (χ0) is 22.1. The number of rotatable bonds is 8. The van der Waals surface area contributed by atoms with Gasteiger partial charge in [0.15, 0.2) is 0 Å². The fourth-order valence-electron chi connectivity index (χ4n) is 2.64. The van der Waals surface area contributed by atoms with Gasteiger partial charge in [-0.1, -0.05) is 50.2 Å². The van der Waals surface area contributed by atoms with E-state index in [0.717, 1.165) is 0 Å². The number of halogens is 1. The van der Waals surface area contributed by atoms with Crippen LogP contribution in [0.15, 0.2) is 60.3 Å². The highest BCUT2D eigenvalue weighted by Crippen LogP contribution is 2.13. The van der Waals surface area contributed by atoms with Crippen molar-refractivity contribution >= 4 is 23.9 Å². The number of carbonyl (C=O) groups is 3. The Morgan fingerprint density at radius 2 is 1.67 bits per heavy atom. The summed E-state index contributed by atoms with van der Waals surface area (Å²) >= 11 is 0. The van der Waals surface area contributed by atoms with E-state index in [0.29, 0.717) is 5.56 Å². The van der Waals surface area contributed by atoms with Gasteiger partial charge in [-0.05, 0) is 37.1 Å². The Morgan fingerprint density at radius 1 is 1.03 bits per heavy atom. The molecule has 0 aromatic heterocycles. The van der Waals surface area contributed by atoms with Gasteiger partial charge in [0, 0.05) is 11.1 Å². The van der Waals surface area contributed by atoms with E-state index in [9.17, 15) is 18.8 Å². The maximum atomic E-state index is 14.1. The number of hydrogen-bond donors (Lipinski definition) is 2. The summed E-state index contributed by atoms with van der Waals surface area (Å²) in [6.45, 7) is 5.34. The molecule has 30 heavy (non-hydrogen) atoms. The Morgan fingerprint density at radius 3 is 2.27 bits per heavy atom. The summed E-state index contributed by atoms with van der Waals surface area (Å²) in [5.74, 6) is -2.66. The number of nitrogens with one attached hydrogen (secondary N) is 2. The number of benzene rings is 2. The van der Waals surface area contributed by atoms with Crippen LogP contribution in [0.4, 0.5) is 4.39 Å². The summed E-state index contributed by atoms with van der Waals surface area (Å²) in [7, 11) is 0.